The lowest BCUT2D eigenvalue weighted by molar-refractivity contribution is -0.383. The summed E-state index contributed by atoms with van der Waals surface area (Å²) in [5.74, 6) is 0. The van der Waals surface area contributed by atoms with E-state index in [1.807, 2.05) is 24.3 Å². The van der Waals surface area contributed by atoms with Crippen LogP contribution in [0.4, 0.5) is 17.1 Å². The number of hydrogen-bond donors (Lipinski definition) is 2. The topological polar surface area (TPSA) is 71.0 Å². The minimum atomic E-state index is -0.392. The highest BCUT2D eigenvalue weighted by atomic mass is 16.6. The third-order valence-electron chi connectivity index (χ3n) is 2.96. The number of nitrogens with one attached hydrogen (secondary N) is 2. The molecule has 2 N–H and O–H groups in total. The SMILES string of the molecule is O=[N+]([O-])c1ccccc1Nc1c[nH]c2ccccc12. The molecule has 0 saturated carbocycles. The molecule has 0 atom stereocenters. The van der Waals surface area contributed by atoms with Crippen molar-refractivity contribution in [1.29, 1.82) is 0 Å². The highest BCUT2D eigenvalue weighted by Gasteiger charge is 2.13. The third-order valence-corrected chi connectivity index (χ3v) is 2.96. The van der Waals surface area contributed by atoms with Crippen LogP contribution in [0.1, 0.15) is 0 Å². The number of para-hydroxylation sites is 3. The van der Waals surface area contributed by atoms with E-state index < -0.39 is 4.92 Å². The summed E-state index contributed by atoms with van der Waals surface area (Å²) >= 11 is 0. The predicted molar refractivity (Wildman–Crippen MR) is 74.7 cm³/mol. The molecule has 0 amide bonds. The van der Waals surface area contributed by atoms with Crippen LogP contribution in [0.2, 0.25) is 0 Å². The molecule has 94 valence electrons. The molecular weight excluding hydrogens is 242 g/mol. The number of nitro groups is 1. The number of H-pyrrole nitrogens is 1. The number of aromatic nitrogens is 1. The molecule has 0 unspecified atom stereocenters. The Morgan fingerprint density at radius 1 is 1.00 bits per heavy atom. The molecule has 3 aromatic rings. The van der Waals surface area contributed by atoms with Gasteiger partial charge in [-0.25, -0.2) is 0 Å². The summed E-state index contributed by atoms with van der Waals surface area (Å²) in [6, 6.07) is 14.4. The van der Waals surface area contributed by atoms with Crippen molar-refractivity contribution >= 4 is 28.0 Å². The lowest BCUT2D eigenvalue weighted by Crippen LogP contribution is -1.95. The molecule has 1 aromatic heterocycles. The highest BCUT2D eigenvalue weighted by molar-refractivity contribution is 5.94. The van der Waals surface area contributed by atoms with Gasteiger partial charge >= 0.3 is 0 Å². The van der Waals surface area contributed by atoms with Crippen LogP contribution >= 0.6 is 0 Å². The maximum absolute atomic E-state index is 11.0. The number of rotatable bonds is 3. The van der Waals surface area contributed by atoms with Gasteiger partial charge in [-0.2, -0.15) is 0 Å². The van der Waals surface area contributed by atoms with Crippen molar-refractivity contribution in [2.75, 3.05) is 5.32 Å². The highest BCUT2D eigenvalue weighted by Crippen LogP contribution is 2.30. The van der Waals surface area contributed by atoms with Gasteiger partial charge in [-0.05, 0) is 12.1 Å². The molecule has 19 heavy (non-hydrogen) atoms. The molecular formula is C14H11N3O2. The summed E-state index contributed by atoms with van der Waals surface area (Å²) in [5, 5.41) is 15.1. The van der Waals surface area contributed by atoms with Gasteiger partial charge in [-0.15, -0.1) is 0 Å². The Balaban J connectivity index is 2.04. The number of aromatic amines is 1. The second-order valence-electron chi connectivity index (χ2n) is 4.15. The van der Waals surface area contributed by atoms with Crippen molar-refractivity contribution in [3.05, 3.63) is 64.8 Å². The maximum Gasteiger partial charge on any atom is 0.292 e. The van der Waals surface area contributed by atoms with E-state index in [1.165, 1.54) is 6.07 Å². The first-order valence-electron chi connectivity index (χ1n) is 5.82. The minimum Gasteiger partial charge on any atom is -0.359 e. The van der Waals surface area contributed by atoms with Crippen LogP contribution in [0.25, 0.3) is 10.9 Å². The van der Waals surface area contributed by atoms with Gasteiger partial charge < -0.3 is 10.3 Å². The Labute approximate surface area is 109 Å². The van der Waals surface area contributed by atoms with Crippen LogP contribution in [0, 0.1) is 10.1 Å². The van der Waals surface area contributed by atoms with Crippen LogP contribution in [0.15, 0.2) is 54.7 Å². The minimum absolute atomic E-state index is 0.0628. The first-order valence-corrected chi connectivity index (χ1v) is 5.82. The number of anilines is 2. The number of fused-ring (bicyclic) bond motifs is 1. The Morgan fingerprint density at radius 2 is 1.74 bits per heavy atom. The fraction of sp³-hybridized carbons (Fsp3) is 0. The van der Waals surface area contributed by atoms with Gasteiger partial charge in [0.1, 0.15) is 5.69 Å². The lowest BCUT2D eigenvalue weighted by atomic mass is 10.2. The zero-order valence-electron chi connectivity index (χ0n) is 9.96. The second-order valence-corrected chi connectivity index (χ2v) is 4.15. The standard InChI is InChI=1S/C14H11N3O2/c18-17(19)14-8-4-3-7-12(14)16-13-9-15-11-6-2-1-5-10(11)13/h1-9,15-16H. The van der Waals surface area contributed by atoms with Gasteiger partial charge in [0.25, 0.3) is 5.69 Å². The molecule has 0 aliphatic carbocycles. The van der Waals surface area contributed by atoms with Gasteiger partial charge in [-0.3, -0.25) is 10.1 Å². The first kappa shape index (κ1) is 11.3. The molecule has 0 fully saturated rings. The molecule has 2 aromatic carbocycles. The molecule has 0 aliphatic heterocycles. The summed E-state index contributed by atoms with van der Waals surface area (Å²) < 4.78 is 0. The number of nitrogens with zero attached hydrogens (tertiary/aromatic N) is 1. The van der Waals surface area contributed by atoms with Crippen LogP contribution < -0.4 is 5.32 Å². The predicted octanol–water partition coefficient (Wildman–Crippen LogP) is 3.82. The van der Waals surface area contributed by atoms with Crippen LogP contribution in [0.5, 0.6) is 0 Å². The summed E-state index contributed by atoms with van der Waals surface area (Å²) in [7, 11) is 0. The monoisotopic (exact) mass is 253 g/mol. The van der Waals surface area contributed by atoms with Gasteiger partial charge in [0.05, 0.1) is 10.6 Å². The van der Waals surface area contributed by atoms with E-state index in [-0.39, 0.29) is 5.69 Å². The molecule has 0 saturated heterocycles. The quantitative estimate of drug-likeness (QED) is 0.550. The van der Waals surface area contributed by atoms with Crippen LogP contribution in [-0.4, -0.2) is 9.91 Å². The Hall–Kier alpha value is -2.82. The second kappa shape index (κ2) is 4.45. The van der Waals surface area contributed by atoms with Crippen molar-refractivity contribution in [2.24, 2.45) is 0 Å². The molecule has 5 nitrogen and oxygen atoms in total. The number of benzene rings is 2. The molecule has 3 rings (SSSR count). The van der Waals surface area contributed by atoms with Gasteiger partial charge in [0.15, 0.2) is 0 Å². The molecule has 0 spiro atoms. The van der Waals surface area contributed by atoms with E-state index in [1.54, 1.807) is 24.4 Å². The smallest absolute Gasteiger partial charge is 0.292 e. The fourth-order valence-electron chi connectivity index (χ4n) is 2.06. The van der Waals surface area contributed by atoms with E-state index in [9.17, 15) is 10.1 Å². The summed E-state index contributed by atoms with van der Waals surface area (Å²) in [5.41, 5.74) is 2.36. The van der Waals surface area contributed by atoms with Crippen molar-refractivity contribution < 1.29 is 4.92 Å². The van der Waals surface area contributed by atoms with E-state index >= 15 is 0 Å². The molecule has 0 bridgehead atoms. The zero-order chi connectivity index (χ0) is 13.2. The van der Waals surface area contributed by atoms with Crippen molar-refractivity contribution in [1.82, 2.24) is 4.98 Å². The molecule has 5 heteroatoms. The van der Waals surface area contributed by atoms with Crippen molar-refractivity contribution in [3.8, 4) is 0 Å². The third kappa shape index (κ3) is 2.01. The summed E-state index contributed by atoms with van der Waals surface area (Å²) in [6.07, 6.45) is 1.81. The van der Waals surface area contributed by atoms with Crippen LogP contribution in [0.3, 0.4) is 0 Å². The van der Waals surface area contributed by atoms with Gasteiger partial charge in [0.2, 0.25) is 0 Å². The zero-order valence-corrected chi connectivity index (χ0v) is 9.96. The summed E-state index contributed by atoms with van der Waals surface area (Å²) in [6.45, 7) is 0. The fourth-order valence-corrected chi connectivity index (χ4v) is 2.06. The van der Waals surface area contributed by atoms with E-state index in [0.717, 1.165) is 16.6 Å². The average molecular weight is 253 g/mol. The number of hydrogen-bond acceptors (Lipinski definition) is 3. The Bertz CT molecular complexity index is 749. The maximum atomic E-state index is 11.0. The average Bonchev–Trinajstić information content (AvgIpc) is 2.83. The van der Waals surface area contributed by atoms with Crippen molar-refractivity contribution in [2.45, 2.75) is 0 Å². The Morgan fingerprint density at radius 3 is 2.58 bits per heavy atom. The Kier molecular flexibility index (Phi) is 2.64. The van der Waals surface area contributed by atoms with Crippen molar-refractivity contribution in [3.63, 3.8) is 0 Å². The largest absolute Gasteiger partial charge is 0.359 e. The number of nitro benzene ring substituents is 1. The molecule has 0 radical (unpaired) electrons. The lowest BCUT2D eigenvalue weighted by Gasteiger charge is -2.05. The summed E-state index contributed by atoms with van der Waals surface area (Å²) in [4.78, 5) is 13.7. The normalized spacial score (nSPS) is 10.5. The molecule has 0 aliphatic rings. The first-order chi connectivity index (χ1) is 9.25. The molecule has 1 heterocycles. The van der Waals surface area contributed by atoms with E-state index in [2.05, 4.69) is 10.3 Å². The van der Waals surface area contributed by atoms with Gasteiger partial charge in [-0.1, -0.05) is 30.3 Å². The van der Waals surface area contributed by atoms with Crippen LogP contribution in [-0.2, 0) is 0 Å². The van der Waals surface area contributed by atoms with E-state index in [4.69, 9.17) is 0 Å². The van der Waals surface area contributed by atoms with E-state index in [0.29, 0.717) is 5.69 Å². The van der Waals surface area contributed by atoms with Gasteiger partial charge in [0, 0.05) is 23.2 Å².